The molecule has 19 heavy (non-hydrogen) atoms. The Morgan fingerprint density at radius 2 is 1.74 bits per heavy atom. The van der Waals surface area contributed by atoms with Crippen molar-refractivity contribution in [3.63, 3.8) is 0 Å². The average Bonchev–Trinajstić information content (AvgIpc) is 2.98. The molecule has 98 valence electrons. The maximum atomic E-state index is 12.1. The number of amides is 2. The smallest absolute Gasteiger partial charge is 0.261 e. The van der Waals surface area contributed by atoms with Crippen LogP contribution in [0.1, 0.15) is 26.4 Å². The van der Waals surface area contributed by atoms with Gasteiger partial charge in [-0.2, -0.15) is 0 Å². The van der Waals surface area contributed by atoms with Crippen molar-refractivity contribution in [3.8, 4) is 0 Å². The molecule has 0 N–H and O–H groups in total. The summed E-state index contributed by atoms with van der Waals surface area (Å²) in [5, 5.41) is 1.93. The lowest BCUT2D eigenvalue weighted by Gasteiger charge is -2.12. The standard InChI is InChI=1S/C13H10N2O2S.BrH/c16-12-10-3-1-2-4-11(10)13(17)15(12)6-5-9-7-18-8-14-9;/h1-4,7-8H,5-6H2;1H. The van der Waals surface area contributed by atoms with E-state index in [0.717, 1.165) is 5.69 Å². The molecule has 0 atom stereocenters. The first kappa shape index (κ1) is 13.9. The van der Waals surface area contributed by atoms with Gasteiger partial charge in [-0.25, -0.2) is 4.98 Å². The zero-order chi connectivity index (χ0) is 12.5. The number of fused-ring (bicyclic) bond motifs is 1. The molecule has 2 amide bonds. The third kappa shape index (κ3) is 2.46. The topological polar surface area (TPSA) is 50.3 Å². The summed E-state index contributed by atoms with van der Waals surface area (Å²) >= 11 is 1.51. The lowest BCUT2D eigenvalue weighted by Crippen LogP contribution is -2.31. The lowest BCUT2D eigenvalue weighted by molar-refractivity contribution is 0.0656. The Balaban J connectivity index is 0.00000133. The number of carbonyl (C=O) groups is 2. The Bertz CT molecular complexity index is 578. The van der Waals surface area contributed by atoms with Crippen LogP contribution < -0.4 is 0 Å². The highest BCUT2D eigenvalue weighted by molar-refractivity contribution is 8.93. The number of imide groups is 1. The fourth-order valence-electron chi connectivity index (χ4n) is 2.03. The van der Waals surface area contributed by atoms with Crippen molar-refractivity contribution in [1.29, 1.82) is 0 Å². The molecule has 4 nitrogen and oxygen atoms in total. The first-order valence-corrected chi connectivity index (χ1v) is 6.54. The van der Waals surface area contributed by atoms with Crippen LogP contribution in [0.4, 0.5) is 0 Å². The number of halogens is 1. The zero-order valence-corrected chi connectivity index (χ0v) is 12.4. The van der Waals surface area contributed by atoms with Crippen LogP contribution in [0.3, 0.4) is 0 Å². The quantitative estimate of drug-likeness (QED) is 0.808. The highest BCUT2D eigenvalue weighted by Gasteiger charge is 2.34. The van der Waals surface area contributed by atoms with Gasteiger partial charge in [-0.05, 0) is 12.1 Å². The molecule has 0 bridgehead atoms. The summed E-state index contributed by atoms with van der Waals surface area (Å²) in [5.41, 5.74) is 3.66. The van der Waals surface area contributed by atoms with E-state index in [-0.39, 0.29) is 28.8 Å². The number of hydrogen-bond donors (Lipinski definition) is 0. The van der Waals surface area contributed by atoms with Crippen molar-refractivity contribution in [1.82, 2.24) is 9.88 Å². The molecule has 6 heteroatoms. The highest BCUT2D eigenvalue weighted by atomic mass is 79.9. The summed E-state index contributed by atoms with van der Waals surface area (Å²) in [6.07, 6.45) is 0.606. The molecular weight excluding hydrogens is 328 g/mol. The number of nitrogens with zero attached hydrogens (tertiary/aromatic N) is 2. The van der Waals surface area contributed by atoms with E-state index in [9.17, 15) is 9.59 Å². The van der Waals surface area contributed by atoms with Crippen molar-refractivity contribution >= 4 is 40.1 Å². The predicted octanol–water partition coefficient (Wildman–Crippen LogP) is 2.56. The second-order valence-electron chi connectivity index (χ2n) is 4.04. The molecule has 0 saturated carbocycles. The Labute approximate surface area is 124 Å². The summed E-state index contributed by atoms with van der Waals surface area (Å²) < 4.78 is 0. The second-order valence-corrected chi connectivity index (χ2v) is 4.76. The largest absolute Gasteiger partial charge is 0.274 e. The van der Waals surface area contributed by atoms with Gasteiger partial charge in [-0.15, -0.1) is 28.3 Å². The fraction of sp³-hybridized carbons (Fsp3) is 0.154. The number of hydrogen-bond acceptors (Lipinski definition) is 4. The number of benzene rings is 1. The number of thiazole rings is 1. The molecule has 1 aliphatic rings. The van der Waals surface area contributed by atoms with Crippen LogP contribution in [0.15, 0.2) is 35.2 Å². The minimum absolute atomic E-state index is 0. The first-order chi connectivity index (χ1) is 8.77. The van der Waals surface area contributed by atoms with Crippen LogP contribution in [0.25, 0.3) is 0 Å². The highest BCUT2D eigenvalue weighted by Crippen LogP contribution is 2.22. The summed E-state index contributed by atoms with van der Waals surface area (Å²) in [6, 6.07) is 6.93. The van der Waals surface area contributed by atoms with Gasteiger partial charge in [0.1, 0.15) is 0 Å². The Kier molecular flexibility index (Phi) is 4.11. The molecule has 0 aliphatic carbocycles. The second kappa shape index (κ2) is 5.63. The number of aromatic nitrogens is 1. The third-order valence-electron chi connectivity index (χ3n) is 2.95. The molecular formula is C13H11BrN2O2S. The molecule has 1 aliphatic heterocycles. The van der Waals surface area contributed by atoms with Crippen molar-refractivity contribution in [2.45, 2.75) is 6.42 Å². The Morgan fingerprint density at radius 1 is 1.11 bits per heavy atom. The molecule has 1 aromatic heterocycles. The number of carbonyl (C=O) groups excluding carboxylic acids is 2. The van der Waals surface area contributed by atoms with Crippen molar-refractivity contribution in [2.24, 2.45) is 0 Å². The normalized spacial score (nSPS) is 13.4. The SMILES string of the molecule is Br.O=C1c2ccccc2C(=O)N1CCc1cscn1. The van der Waals surface area contributed by atoms with Gasteiger partial charge in [0, 0.05) is 18.3 Å². The molecule has 0 unspecified atom stereocenters. The van der Waals surface area contributed by atoms with E-state index in [1.807, 2.05) is 5.38 Å². The molecule has 0 radical (unpaired) electrons. The van der Waals surface area contributed by atoms with E-state index in [1.165, 1.54) is 16.2 Å². The molecule has 2 aromatic rings. The summed E-state index contributed by atoms with van der Waals surface area (Å²) in [6.45, 7) is 0.385. The van der Waals surface area contributed by atoms with Gasteiger partial charge in [0.15, 0.2) is 0 Å². The summed E-state index contributed by atoms with van der Waals surface area (Å²) in [4.78, 5) is 29.5. The average molecular weight is 339 g/mol. The maximum absolute atomic E-state index is 12.1. The van der Waals surface area contributed by atoms with Crippen LogP contribution in [0.5, 0.6) is 0 Å². The van der Waals surface area contributed by atoms with E-state index in [4.69, 9.17) is 0 Å². The number of rotatable bonds is 3. The Morgan fingerprint density at radius 3 is 2.26 bits per heavy atom. The maximum Gasteiger partial charge on any atom is 0.261 e. The Hall–Kier alpha value is -1.53. The molecule has 0 spiro atoms. The third-order valence-corrected chi connectivity index (χ3v) is 3.59. The molecule has 3 rings (SSSR count). The van der Waals surface area contributed by atoms with Gasteiger partial charge >= 0.3 is 0 Å². The van der Waals surface area contributed by atoms with Gasteiger partial charge in [-0.3, -0.25) is 14.5 Å². The zero-order valence-electron chi connectivity index (χ0n) is 9.91. The van der Waals surface area contributed by atoms with Crippen LogP contribution in [0.2, 0.25) is 0 Å². The van der Waals surface area contributed by atoms with E-state index >= 15 is 0 Å². The van der Waals surface area contributed by atoms with Crippen LogP contribution in [-0.4, -0.2) is 28.2 Å². The van der Waals surface area contributed by atoms with Crippen molar-refractivity contribution in [3.05, 3.63) is 52.0 Å². The van der Waals surface area contributed by atoms with Gasteiger partial charge in [-0.1, -0.05) is 12.1 Å². The van der Waals surface area contributed by atoms with Crippen LogP contribution >= 0.6 is 28.3 Å². The fourth-order valence-corrected chi connectivity index (χ4v) is 2.62. The van der Waals surface area contributed by atoms with Gasteiger partial charge in [0.25, 0.3) is 11.8 Å². The van der Waals surface area contributed by atoms with E-state index in [2.05, 4.69) is 4.98 Å². The molecule has 0 fully saturated rings. The van der Waals surface area contributed by atoms with E-state index < -0.39 is 0 Å². The minimum Gasteiger partial charge on any atom is -0.274 e. The van der Waals surface area contributed by atoms with E-state index in [1.54, 1.807) is 29.8 Å². The van der Waals surface area contributed by atoms with Crippen molar-refractivity contribution in [2.75, 3.05) is 6.54 Å². The van der Waals surface area contributed by atoms with Crippen LogP contribution in [0, 0.1) is 0 Å². The molecule has 2 heterocycles. The van der Waals surface area contributed by atoms with Gasteiger partial charge < -0.3 is 0 Å². The molecule has 1 aromatic carbocycles. The van der Waals surface area contributed by atoms with Gasteiger partial charge in [0.2, 0.25) is 0 Å². The minimum atomic E-state index is -0.203. The monoisotopic (exact) mass is 338 g/mol. The summed E-state index contributed by atoms with van der Waals surface area (Å²) in [5.74, 6) is -0.406. The van der Waals surface area contributed by atoms with Crippen LogP contribution in [-0.2, 0) is 6.42 Å². The summed E-state index contributed by atoms with van der Waals surface area (Å²) in [7, 11) is 0. The lowest BCUT2D eigenvalue weighted by atomic mass is 10.1. The van der Waals surface area contributed by atoms with Crippen molar-refractivity contribution < 1.29 is 9.59 Å². The predicted molar refractivity (Wildman–Crippen MR) is 77.9 cm³/mol. The first-order valence-electron chi connectivity index (χ1n) is 5.59. The van der Waals surface area contributed by atoms with Gasteiger partial charge in [0.05, 0.1) is 22.3 Å². The van der Waals surface area contributed by atoms with E-state index in [0.29, 0.717) is 24.1 Å². The molecule has 0 saturated heterocycles.